The molecule has 0 unspecified atom stereocenters. The highest BCUT2D eigenvalue weighted by atomic mass is 35.5. The van der Waals surface area contributed by atoms with Crippen LogP contribution in [0.2, 0.25) is 10.0 Å². The summed E-state index contributed by atoms with van der Waals surface area (Å²) in [6.45, 7) is 1.96. The number of anilines is 1. The van der Waals surface area contributed by atoms with Gasteiger partial charge in [-0.15, -0.1) is 11.8 Å². The Kier molecular flexibility index (Phi) is 6.63. The van der Waals surface area contributed by atoms with Gasteiger partial charge in [0.15, 0.2) is 0 Å². The largest absolute Gasteiger partial charge is 0.495 e. The molecule has 0 atom stereocenters. The van der Waals surface area contributed by atoms with E-state index in [0.29, 0.717) is 33.0 Å². The zero-order valence-electron chi connectivity index (χ0n) is 12.9. The summed E-state index contributed by atoms with van der Waals surface area (Å²) in [5.41, 5.74) is 2.58. The topological polar surface area (TPSA) is 38.3 Å². The van der Waals surface area contributed by atoms with Crippen molar-refractivity contribution in [2.45, 2.75) is 12.7 Å². The second-order valence-electron chi connectivity index (χ2n) is 4.94. The lowest BCUT2D eigenvalue weighted by atomic mass is 10.2. The van der Waals surface area contributed by atoms with E-state index in [4.69, 9.17) is 27.9 Å². The second kappa shape index (κ2) is 8.48. The van der Waals surface area contributed by atoms with Crippen molar-refractivity contribution in [1.82, 2.24) is 0 Å². The van der Waals surface area contributed by atoms with Crippen molar-refractivity contribution in [1.29, 1.82) is 0 Å². The number of ether oxygens (including phenoxy) is 1. The Bertz CT molecular complexity index is 687. The maximum absolute atomic E-state index is 12.1. The predicted octanol–water partition coefficient (Wildman–Crippen LogP) is 5.18. The van der Waals surface area contributed by atoms with Crippen LogP contribution in [0.1, 0.15) is 11.1 Å². The van der Waals surface area contributed by atoms with Gasteiger partial charge in [-0.3, -0.25) is 4.79 Å². The summed E-state index contributed by atoms with van der Waals surface area (Å²) in [6, 6.07) is 11.0. The van der Waals surface area contributed by atoms with Crippen LogP contribution >= 0.6 is 35.0 Å². The predicted molar refractivity (Wildman–Crippen MR) is 99.0 cm³/mol. The second-order valence-corrected chi connectivity index (χ2v) is 6.74. The third-order valence-electron chi connectivity index (χ3n) is 3.17. The molecule has 122 valence electrons. The molecule has 1 N–H and O–H groups in total. The lowest BCUT2D eigenvalue weighted by Gasteiger charge is -2.11. The smallest absolute Gasteiger partial charge is 0.234 e. The molecule has 2 aromatic carbocycles. The fraction of sp³-hybridized carbons (Fsp3) is 0.235. The lowest BCUT2D eigenvalue weighted by molar-refractivity contribution is -0.113. The van der Waals surface area contributed by atoms with Crippen LogP contribution < -0.4 is 10.1 Å². The molecule has 2 rings (SSSR count). The minimum atomic E-state index is -0.0953. The fourth-order valence-electron chi connectivity index (χ4n) is 2.02. The van der Waals surface area contributed by atoms with Gasteiger partial charge in [0.25, 0.3) is 0 Å². The van der Waals surface area contributed by atoms with Crippen molar-refractivity contribution < 1.29 is 9.53 Å². The van der Waals surface area contributed by atoms with Gasteiger partial charge in [-0.2, -0.15) is 0 Å². The van der Waals surface area contributed by atoms with Crippen molar-refractivity contribution in [3.63, 3.8) is 0 Å². The molecule has 6 heteroatoms. The Balaban J connectivity index is 1.92. The van der Waals surface area contributed by atoms with Gasteiger partial charge in [0.2, 0.25) is 5.91 Å². The van der Waals surface area contributed by atoms with Crippen LogP contribution in [0, 0.1) is 6.92 Å². The van der Waals surface area contributed by atoms with E-state index in [1.807, 2.05) is 25.1 Å². The summed E-state index contributed by atoms with van der Waals surface area (Å²) < 4.78 is 5.25. The van der Waals surface area contributed by atoms with Gasteiger partial charge in [0, 0.05) is 15.8 Å². The van der Waals surface area contributed by atoms with E-state index in [1.165, 1.54) is 11.8 Å². The van der Waals surface area contributed by atoms with Gasteiger partial charge >= 0.3 is 0 Å². The zero-order chi connectivity index (χ0) is 16.8. The van der Waals surface area contributed by atoms with Gasteiger partial charge < -0.3 is 10.1 Å². The average Bonchev–Trinajstić information content (AvgIpc) is 2.50. The highest BCUT2D eigenvalue weighted by molar-refractivity contribution is 7.99. The van der Waals surface area contributed by atoms with Crippen LogP contribution in [0.25, 0.3) is 0 Å². The van der Waals surface area contributed by atoms with Crippen LogP contribution in [0.15, 0.2) is 36.4 Å². The molecular weight excluding hydrogens is 353 g/mol. The van der Waals surface area contributed by atoms with Gasteiger partial charge in [-0.1, -0.05) is 35.3 Å². The number of carbonyl (C=O) groups is 1. The van der Waals surface area contributed by atoms with Gasteiger partial charge in [-0.05, 0) is 42.3 Å². The molecule has 0 heterocycles. The summed E-state index contributed by atoms with van der Waals surface area (Å²) in [4.78, 5) is 12.1. The zero-order valence-corrected chi connectivity index (χ0v) is 15.2. The van der Waals surface area contributed by atoms with Crippen molar-refractivity contribution in [2.75, 3.05) is 18.2 Å². The molecule has 3 nitrogen and oxygen atoms in total. The number of hydrogen-bond donors (Lipinski definition) is 1. The number of amides is 1. The summed E-state index contributed by atoms with van der Waals surface area (Å²) in [6.07, 6.45) is 0. The quantitative estimate of drug-likeness (QED) is 0.761. The average molecular weight is 370 g/mol. The number of halogens is 2. The molecule has 0 aliphatic rings. The molecule has 0 bridgehead atoms. The number of methoxy groups -OCH3 is 1. The Morgan fingerprint density at radius 1 is 1.22 bits per heavy atom. The normalized spacial score (nSPS) is 10.4. The van der Waals surface area contributed by atoms with Gasteiger partial charge in [0.05, 0.1) is 18.6 Å². The number of aryl methyl sites for hydroxylation is 1. The molecule has 0 spiro atoms. The highest BCUT2D eigenvalue weighted by Crippen LogP contribution is 2.29. The maximum Gasteiger partial charge on any atom is 0.234 e. The number of nitrogens with one attached hydrogen (secondary N) is 1. The van der Waals surface area contributed by atoms with E-state index in [2.05, 4.69) is 5.32 Å². The molecule has 0 fully saturated rings. The maximum atomic E-state index is 12.1. The van der Waals surface area contributed by atoms with E-state index >= 15 is 0 Å². The summed E-state index contributed by atoms with van der Waals surface area (Å²) in [5.74, 6) is 1.43. The fourth-order valence-corrected chi connectivity index (χ4v) is 3.59. The Morgan fingerprint density at radius 3 is 2.57 bits per heavy atom. The number of rotatable bonds is 6. The standard InChI is InChI=1S/C17H17Cl2NO2S/c1-11-6-7-16(22-2)15(8-11)20-17(21)10-23-9-12-13(18)4-3-5-14(12)19/h3-8H,9-10H2,1-2H3,(H,20,21). The molecule has 1 amide bonds. The summed E-state index contributed by atoms with van der Waals surface area (Å²) in [5, 5.41) is 4.10. The third kappa shape index (κ3) is 5.06. The van der Waals surface area contributed by atoms with Gasteiger partial charge in [-0.25, -0.2) is 0 Å². The molecular formula is C17H17Cl2NO2S. The van der Waals surface area contributed by atoms with Crippen molar-refractivity contribution in [2.24, 2.45) is 0 Å². The minimum absolute atomic E-state index is 0.0953. The number of hydrogen-bond acceptors (Lipinski definition) is 3. The van der Waals surface area contributed by atoms with Crippen LogP contribution in [0.3, 0.4) is 0 Å². The van der Waals surface area contributed by atoms with Crippen molar-refractivity contribution >= 4 is 46.6 Å². The van der Waals surface area contributed by atoms with E-state index in [-0.39, 0.29) is 5.91 Å². The number of carbonyl (C=O) groups excluding carboxylic acids is 1. The SMILES string of the molecule is COc1ccc(C)cc1NC(=O)CSCc1c(Cl)cccc1Cl. The molecule has 0 aromatic heterocycles. The minimum Gasteiger partial charge on any atom is -0.495 e. The lowest BCUT2D eigenvalue weighted by Crippen LogP contribution is -2.15. The van der Waals surface area contributed by atoms with E-state index in [0.717, 1.165) is 11.1 Å². The van der Waals surface area contributed by atoms with Crippen molar-refractivity contribution in [3.05, 3.63) is 57.6 Å². The summed E-state index contributed by atoms with van der Waals surface area (Å²) >= 11 is 13.7. The first-order chi connectivity index (χ1) is 11.0. The first-order valence-electron chi connectivity index (χ1n) is 6.96. The number of benzene rings is 2. The molecule has 0 radical (unpaired) electrons. The van der Waals surface area contributed by atoms with Crippen LogP contribution in [0.5, 0.6) is 5.75 Å². The molecule has 2 aromatic rings. The summed E-state index contributed by atoms with van der Waals surface area (Å²) in [7, 11) is 1.58. The third-order valence-corrected chi connectivity index (χ3v) is 4.84. The Labute approximate surface area is 150 Å². The molecule has 0 saturated carbocycles. The molecule has 0 saturated heterocycles. The van der Waals surface area contributed by atoms with Crippen molar-refractivity contribution in [3.8, 4) is 5.75 Å². The van der Waals surface area contributed by atoms with E-state index in [1.54, 1.807) is 25.3 Å². The number of thioether (sulfide) groups is 1. The van der Waals surface area contributed by atoms with Gasteiger partial charge in [0.1, 0.15) is 5.75 Å². The van der Waals surface area contributed by atoms with Crippen LogP contribution in [-0.2, 0) is 10.5 Å². The molecule has 0 aliphatic heterocycles. The van der Waals surface area contributed by atoms with E-state index < -0.39 is 0 Å². The van der Waals surface area contributed by atoms with Crippen LogP contribution in [0.4, 0.5) is 5.69 Å². The molecule has 0 aliphatic carbocycles. The molecule has 23 heavy (non-hydrogen) atoms. The first-order valence-corrected chi connectivity index (χ1v) is 8.87. The highest BCUT2D eigenvalue weighted by Gasteiger charge is 2.10. The monoisotopic (exact) mass is 369 g/mol. The van der Waals surface area contributed by atoms with Crippen LogP contribution in [-0.4, -0.2) is 18.8 Å². The Hall–Kier alpha value is -1.36. The first kappa shape index (κ1) is 18.0. The van der Waals surface area contributed by atoms with E-state index in [9.17, 15) is 4.79 Å². The Morgan fingerprint density at radius 2 is 1.91 bits per heavy atom.